The van der Waals surface area contributed by atoms with Crippen LogP contribution in [-0.4, -0.2) is 34.3 Å². The van der Waals surface area contributed by atoms with Gasteiger partial charge >= 0.3 is 0 Å². The van der Waals surface area contributed by atoms with Gasteiger partial charge in [0, 0.05) is 24.5 Å². The molecule has 5 heteroatoms. The van der Waals surface area contributed by atoms with E-state index in [2.05, 4.69) is 15.9 Å². The fraction of sp³-hybridized carbons (Fsp3) is 0.417. The highest BCUT2D eigenvalue weighted by Crippen LogP contribution is 2.22. The predicted octanol–water partition coefficient (Wildman–Crippen LogP) is 2.39. The summed E-state index contributed by atoms with van der Waals surface area (Å²) in [5.74, 6) is -0.693. The van der Waals surface area contributed by atoms with Gasteiger partial charge < -0.3 is 10.0 Å². The Morgan fingerprint density at radius 2 is 2.35 bits per heavy atom. The number of phenols is 1. The molecule has 17 heavy (non-hydrogen) atoms. The lowest BCUT2D eigenvalue weighted by Gasteiger charge is -2.16. The number of carbonyl (C=O) groups is 1. The van der Waals surface area contributed by atoms with Crippen molar-refractivity contribution in [3.63, 3.8) is 0 Å². The Balaban J connectivity index is 2.15. The number of phenolic OH excluding ortho intramolecular Hbond substituents is 1. The first-order chi connectivity index (χ1) is 8.11. The summed E-state index contributed by atoms with van der Waals surface area (Å²) >= 11 is 3.39. The van der Waals surface area contributed by atoms with Crippen molar-refractivity contribution in [1.29, 1.82) is 0 Å². The minimum atomic E-state index is -0.669. The molecule has 1 unspecified atom stereocenters. The highest BCUT2D eigenvalue weighted by molar-refractivity contribution is 9.09. The molecule has 0 aromatic heterocycles. The number of carbonyl (C=O) groups excluding carboxylic acids is 1. The van der Waals surface area contributed by atoms with Crippen LogP contribution in [0.1, 0.15) is 16.8 Å². The third kappa shape index (κ3) is 2.60. The summed E-state index contributed by atoms with van der Waals surface area (Å²) in [7, 11) is 0. The molecule has 1 heterocycles. The van der Waals surface area contributed by atoms with E-state index in [4.69, 9.17) is 5.11 Å². The van der Waals surface area contributed by atoms with Crippen LogP contribution in [0.15, 0.2) is 18.2 Å². The van der Waals surface area contributed by atoms with Crippen LogP contribution in [0, 0.1) is 11.7 Å². The number of alkyl halides is 1. The van der Waals surface area contributed by atoms with Crippen LogP contribution < -0.4 is 0 Å². The summed E-state index contributed by atoms with van der Waals surface area (Å²) in [6.45, 7) is 1.32. The Bertz CT molecular complexity index is 439. The molecular weight excluding hydrogens is 289 g/mol. The maximum Gasteiger partial charge on any atom is 0.256 e. The molecule has 1 aromatic carbocycles. The minimum Gasteiger partial charge on any atom is -0.508 e. The van der Waals surface area contributed by atoms with Gasteiger partial charge in [-0.1, -0.05) is 15.9 Å². The molecule has 0 radical (unpaired) electrons. The zero-order valence-corrected chi connectivity index (χ0v) is 10.8. The number of halogens is 2. The van der Waals surface area contributed by atoms with Gasteiger partial charge in [-0.05, 0) is 24.5 Å². The van der Waals surface area contributed by atoms with Gasteiger partial charge in [-0.15, -0.1) is 0 Å². The van der Waals surface area contributed by atoms with E-state index < -0.39 is 5.82 Å². The molecular formula is C12H13BrFNO2. The van der Waals surface area contributed by atoms with E-state index in [9.17, 15) is 9.18 Å². The smallest absolute Gasteiger partial charge is 0.256 e. The topological polar surface area (TPSA) is 40.5 Å². The Hall–Kier alpha value is -1.10. The van der Waals surface area contributed by atoms with Crippen LogP contribution in [0.25, 0.3) is 0 Å². The van der Waals surface area contributed by atoms with Crippen molar-refractivity contribution < 1.29 is 14.3 Å². The van der Waals surface area contributed by atoms with Crippen LogP contribution in [0.4, 0.5) is 4.39 Å². The van der Waals surface area contributed by atoms with Crippen LogP contribution in [0.5, 0.6) is 5.75 Å². The lowest BCUT2D eigenvalue weighted by molar-refractivity contribution is 0.0784. The SMILES string of the molecule is O=C(c1ccc(O)cc1F)N1CCC(CBr)C1. The van der Waals surface area contributed by atoms with Crippen LogP contribution in [0.3, 0.4) is 0 Å². The van der Waals surface area contributed by atoms with E-state index in [0.29, 0.717) is 19.0 Å². The quantitative estimate of drug-likeness (QED) is 0.852. The van der Waals surface area contributed by atoms with E-state index in [1.54, 1.807) is 4.90 Å². The Morgan fingerprint density at radius 3 is 2.94 bits per heavy atom. The predicted molar refractivity (Wildman–Crippen MR) is 65.9 cm³/mol. The number of hydrogen-bond donors (Lipinski definition) is 1. The number of aromatic hydroxyl groups is 1. The number of benzene rings is 1. The number of nitrogens with zero attached hydrogens (tertiary/aromatic N) is 1. The van der Waals surface area contributed by atoms with Crippen molar-refractivity contribution in [2.75, 3.05) is 18.4 Å². The second-order valence-electron chi connectivity index (χ2n) is 4.22. The molecule has 0 spiro atoms. The molecule has 0 aliphatic carbocycles. The van der Waals surface area contributed by atoms with Gasteiger partial charge in [-0.3, -0.25) is 4.79 Å². The Kier molecular flexibility index (Phi) is 3.66. The molecule has 1 N–H and O–H groups in total. The number of amides is 1. The Labute approximate surface area is 107 Å². The second-order valence-corrected chi connectivity index (χ2v) is 4.87. The van der Waals surface area contributed by atoms with Crippen LogP contribution in [-0.2, 0) is 0 Å². The third-order valence-electron chi connectivity index (χ3n) is 2.97. The largest absolute Gasteiger partial charge is 0.508 e. The van der Waals surface area contributed by atoms with Gasteiger partial charge in [0.25, 0.3) is 5.91 Å². The molecule has 1 aliphatic rings. The fourth-order valence-electron chi connectivity index (χ4n) is 1.99. The van der Waals surface area contributed by atoms with Crippen molar-refractivity contribution in [3.05, 3.63) is 29.6 Å². The summed E-state index contributed by atoms with van der Waals surface area (Å²) in [5, 5.41) is 9.95. The minimum absolute atomic E-state index is 0.0259. The molecule has 3 nitrogen and oxygen atoms in total. The third-order valence-corrected chi connectivity index (χ3v) is 3.89. The average molecular weight is 302 g/mol. The zero-order valence-electron chi connectivity index (χ0n) is 9.20. The summed E-state index contributed by atoms with van der Waals surface area (Å²) in [6.07, 6.45) is 0.941. The first-order valence-corrected chi connectivity index (χ1v) is 6.57. The molecule has 1 fully saturated rings. The Morgan fingerprint density at radius 1 is 1.59 bits per heavy atom. The van der Waals surface area contributed by atoms with E-state index in [-0.39, 0.29) is 17.2 Å². The molecule has 1 saturated heterocycles. The van der Waals surface area contributed by atoms with Crippen molar-refractivity contribution >= 4 is 21.8 Å². The van der Waals surface area contributed by atoms with Gasteiger partial charge in [0.2, 0.25) is 0 Å². The fourth-order valence-corrected chi connectivity index (χ4v) is 2.52. The molecule has 0 saturated carbocycles. The van der Waals surface area contributed by atoms with Gasteiger partial charge in [-0.25, -0.2) is 4.39 Å². The summed E-state index contributed by atoms with van der Waals surface area (Å²) < 4.78 is 13.5. The number of rotatable bonds is 2. The molecule has 1 aromatic rings. The van der Waals surface area contributed by atoms with Crippen molar-refractivity contribution in [2.45, 2.75) is 6.42 Å². The molecule has 0 bridgehead atoms. The van der Waals surface area contributed by atoms with E-state index >= 15 is 0 Å². The second kappa shape index (κ2) is 5.04. The first-order valence-electron chi connectivity index (χ1n) is 5.45. The average Bonchev–Trinajstić information content (AvgIpc) is 2.76. The highest BCUT2D eigenvalue weighted by Gasteiger charge is 2.27. The zero-order chi connectivity index (χ0) is 12.4. The molecule has 92 valence electrons. The number of hydrogen-bond acceptors (Lipinski definition) is 2. The monoisotopic (exact) mass is 301 g/mol. The number of likely N-dealkylation sites (tertiary alicyclic amines) is 1. The van der Waals surface area contributed by atoms with Crippen LogP contribution in [0.2, 0.25) is 0 Å². The highest BCUT2D eigenvalue weighted by atomic mass is 79.9. The van der Waals surface area contributed by atoms with Crippen LogP contribution >= 0.6 is 15.9 Å². The summed E-state index contributed by atoms with van der Waals surface area (Å²) in [6, 6.07) is 3.62. The van der Waals surface area contributed by atoms with Gasteiger partial charge in [0.15, 0.2) is 0 Å². The molecule has 2 rings (SSSR count). The molecule has 1 aliphatic heterocycles. The first kappa shape index (κ1) is 12.4. The van der Waals surface area contributed by atoms with Crippen molar-refractivity contribution in [3.8, 4) is 5.75 Å². The maximum atomic E-state index is 13.5. The van der Waals surface area contributed by atoms with Crippen molar-refractivity contribution in [2.24, 2.45) is 5.92 Å². The normalized spacial score (nSPS) is 19.6. The van der Waals surface area contributed by atoms with E-state index in [1.807, 2.05) is 0 Å². The maximum absolute atomic E-state index is 13.5. The molecule has 1 amide bonds. The van der Waals surface area contributed by atoms with Gasteiger partial charge in [-0.2, -0.15) is 0 Å². The van der Waals surface area contributed by atoms with E-state index in [1.165, 1.54) is 12.1 Å². The molecule has 1 atom stereocenters. The van der Waals surface area contributed by atoms with Gasteiger partial charge in [0.1, 0.15) is 11.6 Å². The van der Waals surface area contributed by atoms with Crippen molar-refractivity contribution in [1.82, 2.24) is 4.90 Å². The lowest BCUT2D eigenvalue weighted by atomic mass is 10.1. The van der Waals surface area contributed by atoms with Gasteiger partial charge in [0.05, 0.1) is 5.56 Å². The summed E-state index contributed by atoms with van der Waals surface area (Å²) in [5.41, 5.74) is 0.0259. The lowest BCUT2D eigenvalue weighted by Crippen LogP contribution is -2.29. The van der Waals surface area contributed by atoms with E-state index in [0.717, 1.165) is 17.8 Å². The standard InChI is InChI=1S/C12H13BrFNO2/c13-6-8-3-4-15(7-8)12(17)10-2-1-9(16)5-11(10)14/h1-2,5,8,16H,3-4,6-7H2. The summed E-state index contributed by atoms with van der Waals surface area (Å²) in [4.78, 5) is 13.7.